The number of nitrogens with one attached hydrogen (secondary N) is 1. The Hall–Kier alpha value is -2.08. The fourth-order valence-corrected chi connectivity index (χ4v) is 2.20. The molecule has 0 spiro atoms. The zero-order valence-electron chi connectivity index (χ0n) is 10.1. The normalized spacial score (nSPS) is 10.6. The molecule has 0 atom stereocenters. The van der Waals surface area contributed by atoms with E-state index in [0.29, 0.717) is 5.82 Å². The lowest BCUT2D eigenvalue weighted by molar-refractivity contribution is 1.14. The first-order chi connectivity index (χ1) is 9.28. The van der Waals surface area contributed by atoms with E-state index in [-0.39, 0.29) is 0 Å². The van der Waals surface area contributed by atoms with Crippen molar-refractivity contribution < 1.29 is 0 Å². The van der Waals surface area contributed by atoms with Crippen LogP contribution >= 0.6 is 15.9 Å². The van der Waals surface area contributed by atoms with Crippen LogP contribution in [0, 0.1) is 0 Å². The molecule has 2 aromatic heterocycles. The lowest BCUT2D eigenvalue weighted by Crippen LogP contribution is -1.99. The molecule has 3 rings (SSSR count). The Morgan fingerprint density at radius 1 is 1.11 bits per heavy atom. The smallest absolute Gasteiger partial charge is 0.165 e. The highest BCUT2D eigenvalue weighted by atomic mass is 79.9. The summed E-state index contributed by atoms with van der Waals surface area (Å²) in [7, 11) is 1.84. The van der Waals surface area contributed by atoms with Crippen LogP contribution in [0.1, 0.15) is 0 Å². The summed E-state index contributed by atoms with van der Waals surface area (Å²) in [5, 5.41) is 4.06. The molecule has 0 aliphatic rings. The molecule has 1 N–H and O–H groups in total. The summed E-state index contributed by atoms with van der Waals surface area (Å²) >= 11 is 3.46. The molecule has 0 fully saturated rings. The summed E-state index contributed by atoms with van der Waals surface area (Å²) in [6.45, 7) is 0. The van der Waals surface area contributed by atoms with Crippen LogP contribution < -0.4 is 5.32 Å². The van der Waals surface area contributed by atoms with Crippen LogP contribution in [0.2, 0.25) is 0 Å². The minimum Gasteiger partial charge on any atom is -0.373 e. The van der Waals surface area contributed by atoms with E-state index in [9.17, 15) is 0 Å². The Kier molecular flexibility index (Phi) is 3.08. The van der Waals surface area contributed by atoms with Gasteiger partial charge >= 0.3 is 0 Å². The number of hydrogen-bond donors (Lipinski definition) is 1. The molecule has 0 amide bonds. The van der Waals surface area contributed by atoms with Gasteiger partial charge in [0.2, 0.25) is 0 Å². The minimum absolute atomic E-state index is 0.611. The van der Waals surface area contributed by atoms with Crippen molar-refractivity contribution in [3.05, 3.63) is 41.4 Å². The van der Waals surface area contributed by atoms with Gasteiger partial charge in [-0.3, -0.25) is 0 Å². The van der Waals surface area contributed by atoms with Crippen LogP contribution in [0.25, 0.3) is 22.3 Å². The van der Waals surface area contributed by atoms with Gasteiger partial charge in [0, 0.05) is 29.3 Å². The Morgan fingerprint density at radius 2 is 1.89 bits per heavy atom. The average Bonchev–Trinajstić information content (AvgIpc) is 2.47. The Labute approximate surface area is 118 Å². The highest BCUT2D eigenvalue weighted by Gasteiger charge is 2.09. The summed E-state index contributed by atoms with van der Waals surface area (Å²) < 4.78 is 0.996. The van der Waals surface area contributed by atoms with Crippen LogP contribution in [0.4, 0.5) is 5.82 Å². The zero-order valence-corrected chi connectivity index (χ0v) is 11.7. The Bertz CT molecular complexity index is 730. The largest absolute Gasteiger partial charge is 0.373 e. The molecule has 94 valence electrons. The number of hydrogen-bond acceptors (Lipinski definition) is 5. The number of nitrogens with zero attached hydrogens (tertiary/aromatic N) is 4. The first-order valence-electron chi connectivity index (χ1n) is 5.68. The number of fused-ring (bicyclic) bond motifs is 1. The third-order valence-corrected chi connectivity index (χ3v) is 3.21. The van der Waals surface area contributed by atoms with E-state index < -0.39 is 0 Å². The highest BCUT2D eigenvalue weighted by Crippen LogP contribution is 2.26. The van der Waals surface area contributed by atoms with Crippen LogP contribution in [-0.2, 0) is 0 Å². The maximum absolute atomic E-state index is 4.54. The molecule has 0 aliphatic carbocycles. The molecule has 0 bridgehead atoms. The number of aromatic nitrogens is 4. The maximum Gasteiger partial charge on any atom is 0.165 e. The molecule has 0 unspecified atom stereocenters. The number of halogens is 1. The van der Waals surface area contributed by atoms with Crippen molar-refractivity contribution >= 4 is 32.7 Å². The molecule has 0 saturated heterocycles. The summed E-state index contributed by atoms with van der Waals surface area (Å²) in [5.41, 5.74) is 1.67. The van der Waals surface area contributed by atoms with E-state index in [4.69, 9.17) is 0 Å². The van der Waals surface area contributed by atoms with E-state index in [1.807, 2.05) is 25.2 Å². The molecule has 6 heteroatoms. The van der Waals surface area contributed by atoms with Gasteiger partial charge in [-0.15, -0.1) is 0 Å². The van der Waals surface area contributed by atoms with Crippen molar-refractivity contribution in [3.63, 3.8) is 0 Å². The molecule has 2 heterocycles. The standard InChI is InChI=1S/C13H10BrN5/c1-15-13-10-4-9(14)2-3-11(10)18-12(19-13)8-5-16-7-17-6-8/h2-7H,1H3,(H,15,18,19). The van der Waals surface area contributed by atoms with E-state index >= 15 is 0 Å². The van der Waals surface area contributed by atoms with Gasteiger partial charge in [0.05, 0.1) is 11.1 Å². The fourth-order valence-electron chi connectivity index (χ4n) is 1.83. The van der Waals surface area contributed by atoms with Crippen molar-refractivity contribution in [1.82, 2.24) is 19.9 Å². The molecule has 3 aromatic rings. The van der Waals surface area contributed by atoms with Crippen LogP contribution in [-0.4, -0.2) is 27.0 Å². The molecule has 0 saturated carbocycles. The van der Waals surface area contributed by atoms with Crippen LogP contribution in [0.15, 0.2) is 41.4 Å². The second kappa shape index (κ2) is 4.89. The van der Waals surface area contributed by atoms with Gasteiger partial charge in [0.25, 0.3) is 0 Å². The first kappa shape index (κ1) is 12.0. The third kappa shape index (κ3) is 2.26. The molecule has 19 heavy (non-hydrogen) atoms. The van der Waals surface area contributed by atoms with Gasteiger partial charge in [0.1, 0.15) is 12.1 Å². The number of benzene rings is 1. The minimum atomic E-state index is 0.611. The number of rotatable bonds is 2. The summed E-state index contributed by atoms with van der Waals surface area (Å²) in [6.07, 6.45) is 4.89. The highest BCUT2D eigenvalue weighted by molar-refractivity contribution is 9.10. The quantitative estimate of drug-likeness (QED) is 0.787. The van der Waals surface area contributed by atoms with E-state index in [1.165, 1.54) is 6.33 Å². The van der Waals surface area contributed by atoms with Gasteiger partial charge in [-0.1, -0.05) is 15.9 Å². The molecule has 0 radical (unpaired) electrons. The molecule has 1 aromatic carbocycles. The predicted molar refractivity (Wildman–Crippen MR) is 77.8 cm³/mol. The topological polar surface area (TPSA) is 63.6 Å². The van der Waals surface area contributed by atoms with Gasteiger partial charge in [-0.2, -0.15) is 0 Å². The maximum atomic E-state index is 4.54. The van der Waals surface area contributed by atoms with Crippen LogP contribution in [0.3, 0.4) is 0 Å². The molecule has 0 aliphatic heterocycles. The van der Waals surface area contributed by atoms with Crippen molar-refractivity contribution in [1.29, 1.82) is 0 Å². The van der Waals surface area contributed by atoms with E-state index in [0.717, 1.165) is 26.8 Å². The second-order valence-corrected chi connectivity index (χ2v) is 4.85. The fraction of sp³-hybridized carbons (Fsp3) is 0.0769. The summed E-state index contributed by atoms with van der Waals surface area (Å²) in [4.78, 5) is 17.0. The molecule has 5 nitrogen and oxygen atoms in total. The zero-order chi connectivity index (χ0) is 13.2. The average molecular weight is 316 g/mol. The Balaban J connectivity index is 2.26. The lowest BCUT2D eigenvalue weighted by Gasteiger charge is -2.08. The van der Waals surface area contributed by atoms with Crippen LogP contribution in [0.5, 0.6) is 0 Å². The number of anilines is 1. The van der Waals surface area contributed by atoms with Crippen molar-refractivity contribution in [2.75, 3.05) is 12.4 Å². The molecular weight excluding hydrogens is 306 g/mol. The van der Waals surface area contributed by atoms with Crippen molar-refractivity contribution in [2.24, 2.45) is 0 Å². The van der Waals surface area contributed by atoms with Gasteiger partial charge < -0.3 is 5.32 Å². The SMILES string of the molecule is CNc1nc(-c2cncnc2)nc2ccc(Br)cc12. The van der Waals surface area contributed by atoms with E-state index in [1.54, 1.807) is 12.4 Å². The molecular formula is C13H10BrN5. The van der Waals surface area contributed by atoms with Gasteiger partial charge in [-0.05, 0) is 18.2 Å². The first-order valence-corrected chi connectivity index (χ1v) is 6.47. The second-order valence-electron chi connectivity index (χ2n) is 3.93. The van der Waals surface area contributed by atoms with Gasteiger partial charge in [-0.25, -0.2) is 19.9 Å². The van der Waals surface area contributed by atoms with Crippen molar-refractivity contribution in [3.8, 4) is 11.4 Å². The van der Waals surface area contributed by atoms with Gasteiger partial charge in [0.15, 0.2) is 5.82 Å². The summed E-state index contributed by atoms with van der Waals surface area (Å²) in [6, 6.07) is 5.90. The summed E-state index contributed by atoms with van der Waals surface area (Å²) in [5.74, 6) is 1.39. The predicted octanol–water partition coefficient (Wildman–Crippen LogP) is 2.89. The van der Waals surface area contributed by atoms with E-state index in [2.05, 4.69) is 41.2 Å². The lowest BCUT2D eigenvalue weighted by atomic mass is 10.2. The monoisotopic (exact) mass is 315 g/mol. The Morgan fingerprint density at radius 3 is 2.63 bits per heavy atom. The third-order valence-electron chi connectivity index (χ3n) is 2.71. The van der Waals surface area contributed by atoms with Crippen molar-refractivity contribution in [2.45, 2.75) is 0 Å².